The van der Waals surface area contributed by atoms with E-state index in [1.54, 1.807) is 12.1 Å². The molecular weight excluding hydrogens is 380 g/mol. The van der Waals surface area contributed by atoms with Gasteiger partial charge in [0, 0.05) is 15.0 Å². The van der Waals surface area contributed by atoms with Crippen LogP contribution in [0.2, 0.25) is 0 Å². The van der Waals surface area contributed by atoms with Crippen molar-refractivity contribution >= 4 is 31.9 Å². The smallest absolute Gasteiger partial charge is 0.124 e. The summed E-state index contributed by atoms with van der Waals surface area (Å²) in [5.41, 5.74) is 7.48. The van der Waals surface area contributed by atoms with Crippen molar-refractivity contribution in [3.8, 4) is 0 Å². The van der Waals surface area contributed by atoms with E-state index in [0.29, 0.717) is 16.5 Å². The second kappa shape index (κ2) is 6.11. The first-order chi connectivity index (χ1) is 8.95. The van der Waals surface area contributed by atoms with Gasteiger partial charge in [-0.2, -0.15) is 0 Å². The zero-order valence-corrected chi connectivity index (χ0v) is 13.0. The zero-order valence-electron chi connectivity index (χ0n) is 9.84. The predicted octanol–water partition coefficient (Wildman–Crippen LogP) is 4.73. The normalized spacial score (nSPS) is 12.5. The first-order valence-corrected chi connectivity index (χ1v) is 7.20. The molecule has 0 aliphatic heterocycles. The molecule has 100 valence electrons. The van der Waals surface area contributed by atoms with Crippen LogP contribution in [0.25, 0.3) is 0 Å². The summed E-state index contributed by atoms with van der Waals surface area (Å²) in [4.78, 5) is 0. The van der Waals surface area contributed by atoms with Crippen LogP contribution in [0.3, 0.4) is 0 Å². The van der Waals surface area contributed by atoms with Gasteiger partial charge in [-0.15, -0.1) is 0 Å². The van der Waals surface area contributed by atoms with Crippen LogP contribution >= 0.6 is 31.9 Å². The molecule has 1 nitrogen and oxygen atoms in total. The summed E-state index contributed by atoms with van der Waals surface area (Å²) in [5, 5.41) is 0. The molecule has 2 aromatic carbocycles. The Bertz CT molecular complexity index is 582. The highest BCUT2D eigenvalue weighted by molar-refractivity contribution is 9.10. The molecule has 0 saturated heterocycles. The lowest BCUT2D eigenvalue weighted by molar-refractivity contribution is 0.612. The largest absolute Gasteiger partial charge is 0.324 e. The fraction of sp³-hybridized carbons (Fsp3) is 0.143. The average Bonchev–Trinajstić information content (AvgIpc) is 2.32. The highest BCUT2D eigenvalue weighted by Crippen LogP contribution is 2.25. The van der Waals surface area contributed by atoms with Crippen LogP contribution in [0.1, 0.15) is 17.2 Å². The van der Waals surface area contributed by atoms with E-state index in [2.05, 4.69) is 31.9 Å². The molecule has 0 amide bonds. The van der Waals surface area contributed by atoms with E-state index in [-0.39, 0.29) is 11.6 Å². The van der Waals surface area contributed by atoms with Gasteiger partial charge in [0.1, 0.15) is 11.6 Å². The van der Waals surface area contributed by atoms with Gasteiger partial charge in [0.15, 0.2) is 0 Å². The van der Waals surface area contributed by atoms with Crippen LogP contribution in [0.4, 0.5) is 8.78 Å². The van der Waals surface area contributed by atoms with E-state index in [1.165, 1.54) is 24.3 Å². The van der Waals surface area contributed by atoms with Crippen LogP contribution in [0, 0.1) is 11.6 Å². The van der Waals surface area contributed by atoms with Crippen LogP contribution in [-0.4, -0.2) is 0 Å². The van der Waals surface area contributed by atoms with Gasteiger partial charge in [0.25, 0.3) is 0 Å². The van der Waals surface area contributed by atoms with Gasteiger partial charge in [-0.25, -0.2) is 8.78 Å². The maximum Gasteiger partial charge on any atom is 0.124 e. The topological polar surface area (TPSA) is 26.0 Å². The molecule has 0 fully saturated rings. The van der Waals surface area contributed by atoms with Crippen molar-refractivity contribution < 1.29 is 8.78 Å². The number of halogens is 4. The Morgan fingerprint density at radius 2 is 1.74 bits per heavy atom. The fourth-order valence-electron chi connectivity index (χ4n) is 1.84. The van der Waals surface area contributed by atoms with Gasteiger partial charge in [-0.3, -0.25) is 0 Å². The molecule has 0 aromatic heterocycles. The highest BCUT2D eigenvalue weighted by Gasteiger charge is 2.12. The summed E-state index contributed by atoms with van der Waals surface area (Å²) in [6.07, 6.45) is 0.425. The van der Waals surface area contributed by atoms with Crippen molar-refractivity contribution in [2.24, 2.45) is 5.73 Å². The average molecular weight is 391 g/mol. The van der Waals surface area contributed by atoms with Crippen molar-refractivity contribution in [2.45, 2.75) is 12.5 Å². The molecule has 5 heteroatoms. The third-order valence-corrected chi connectivity index (χ3v) is 3.99. The molecule has 0 spiro atoms. The Morgan fingerprint density at radius 3 is 2.42 bits per heavy atom. The second-order valence-electron chi connectivity index (χ2n) is 4.25. The molecule has 0 bridgehead atoms. The van der Waals surface area contributed by atoms with E-state index in [0.717, 1.165) is 10.0 Å². The highest BCUT2D eigenvalue weighted by atomic mass is 79.9. The summed E-state index contributed by atoms with van der Waals surface area (Å²) in [7, 11) is 0. The van der Waals surface area contributed by atoms with Gasteiger partial charge in [-0.05, 0) is 53.9 Å². The summed E-state index contributed by atoms with van der Waals surface area (Å²) in [6, 6.07) is 8.57. The van der Waals surface area contributed by atoms with Crippen molar-refractivity contribution in [3.05, 3.63) is 68.1 Å². The first-order valence-electron chi connectivity index (χ1n) is 5.61. The first kappa shape index (κ1) is 14.6. The fourth-order valence-corrected chi connectivity index (χ4v) is 2.74. The number of rotatable bonds is 3. The van der Waals surface area contributed by atoms with Crippen molar-refractivity contribution in [3.63, 3.8) is 0 Å². The number of hydrogen-bond acceptors (Lipinski definition) is 1. The lowest BCUT2D eigenvalue weighted by Gasteiger charge is -2.14. The standard InChI is InChI=1S/C14H11Br2F2N/c15-10-3-9(5-12(18)7-10)14(19)6-8-4-11(17)1-2-13(8)16/h1-5,7,14H,6,19H2. The van der Waals surface area contributed by atoms with Gasteiger partial charge in [0.05, 0.1) is 0 Å². The van der Waals surface area contributed by atoms with Crippen LogP contribution in [-0.2, 0) is 6.42 Å². The Hall–Kier alpha value is -0.780. The molecule has 19 heavy (non-hydrogen) atoms. The van der Waals surface area contributed by atoms with Crippen molar-refractivity contribution in [2.75, 3.05) is 0 Å². The Kier molecular flexibility index (Phi) is 4.71. The SMILES string of the molecule is NC(Cc1cc(F)ccc1Br)c1cc(F)cc(Br)c1. The zero-order chi connectivity index (χ0) is 14.0. The second-order valence-corrected chi connectivity index (χ2v) is 6.02. The number of nitrogens with two attached hydrogens (primary N) is 1. The maximum absolute atomic E-state index is 13.3. The summed E-state index contributed by atoms with van der Waals surface area (Å²) in [5.74, 6) is -0.663. The quantitative estimate of drug-likeness (QED) is 0.805. The molecule has 2 N–H and O–H groups in total. The monoisotopic (exact) mass is 389 g/mol. The Labute approximate surface area is 127 Å². The molecule has 0 aliphatic carbocycles. The Morgan fingerprint density at radius 1 is 1.00 bits per heavy atom. The molecule has 1 unspecified atom stereocenters. The molecule has 0 radical (unpaired) electrons. The molecular formula is C14H11Br2F2N. The van der Waals surface area contributed by atoms with E-state index in [9.17, 15) is 8.78 Å². The maximum atomic E-state index is 13.3. The van der Waals surface area contributed by atoms with Gasteiger partial charge in [-0.1, -0.05) is 31.9 Å². The minimum Gasteiger partial charge on any atom is -0.324 e. The molecule has 0 saturated carbocycles. The third-order valence-electron chi connectivity index (χ3n) is 2.76. The van der Waals surface area contributed by atoms with Gasteiger partial charge in [0.2, 0.25) is 0 Å². The third kappa shape index (κ3) is 3.84. The minimum atomic E-state index is -0.398. The van der Waals surface area contributed by atoms with Gasteiger partial charge >= 0.3 is 0 Å². The number of hydrogen-bond donors (Lipinski definition) is 1. The summed E-state index contributed by atoms with van der Waals surface area (Å²) >= 11 is 6.58. The minimum absolute atomic E-state index is 0.314. The van der Waals surface area contributed by atoms with E-state index >= 15 is 0 Å². The van der Waals surface area contributed by atoms with Crippen molar-refractivity contribution in [1.29, 1.82) is 0 Å². The molecule has 0 heterocycles. The van der Waals surface area contributed by atoms with Crippen molar-refractivity contribution in [1.82, 2.24) is 0 Å². The number of benzene rings is 2. The molecule has 2 aromatic rings. The molecule has 0 aliphatic rings. The summed E-state index contributed by atoms with van der Waals surface area (Å²) < 4.78 is 27.9. The van der Waals surface area contributed by atoms with Gasteiger partial charge < -0.3 is 5.73 Å². The van der Waals surface area contributed by atoms with E-state index in [4.69, 9.17) is 5.73 Å². The van der Waals surface area contributed by atoms with Crippen LogP contribution in [0.5, 0.6) is 0 Å². The molecule has 1 atom stereocenters. The molecule has 2 rings (SSSR count). The van der Waals surface area contributed by atoms with E-state index in [1.807, 2.05) is 0 Å². The lowest BCUT2D eigenvalue weighted by Crippen LogP contribution is -2.14. The predicted molar refractivity (Wildman–Crippen MR) is 78.8 cm³/mol. The van der Waals surface area contributed by atoms with Crippen LogP contribution < -0.4 is 5.73 Å². The van der Waals surface area contributed by atoms with Crippen LogP contribution in [0.15, 0.2) is 45.3 Å². The van der Waals surface area contributed by atoms with E-state index < -0.39 is 6.04 Å². The Balaban J connectivity index is 2.25. The lowest BCUT2D eigenvalue weighted by atomic mass is 9.99. The summed E-state index contributed by atoms with van der Waals surface area (Å²) in [6.45, 7) is 0.